The van der Waals surface area contributed by atoms with Crippen LogP contribution in [0.1, 0.15) is 31.2 Å². The number of hydrogen-bond donors (Lipinski definition) is 1. The molecule has 0 aliphatic rings. The lowest BCUT2D eigenvalue weighted by Crippen LogP contribution is -2.10. The van der Waals surface area contributed by atoms with Gasteiger partial charge in [0.05, 0.1) is 6.10 Å². The molecule has 0 aliphatic carbocycles. The van der Waals surface area contributed by atoms with Crippen molar-refractivity contribution in [2.24, 2.45) is 0 Å². The first-order valence-corrected chi connectivity index (χ1v) is 6.55. The lowest BCUT2D eigenvalue weighted by molar-refractivity contribution is 0.161. The van der Waals surface area contributed by atoms with E-state index in [0.717, 1.165) is 36.6 Å². The number of benzene rings is 1. The molecular formula is C14H19BrO. The van der Waals surface area contributed by atoms with Gasteiger partial charge in [-0.3, -0.25) is 0 Å². The highest BCUT2D eigenvalue weighted by Gasteiger charge is 2.04. The second-order valence-electron chi connectivity index (χ2n) is 4.06. The minimum absolute atomic E-state index is 0.217. The standard InChI is InChI=1S/C14H19BrO/c1-2-3-4-5-6-14(16)11-12-7-9-13(15)10-8-12/h2,7-10,14,16H,1,3-6,11H2. The van der Waals surface area contributed by atoms with Gasteiger partial charge >= 0.3 is 0 Å². The largest absolute Gasteiger partial charge is 0.393 e. The van der Waals surface area contributed by atoms with Crippen molar-refractivity contribution in [2.45, 2.75) is 38.2 Å². The van der Waals surface area contributed by atoms with E-state index in [1.54, 1.807) is 0 Å². The van der Waals surface area contributed by atoms with E-state index in [1.807, 2.05) is 18.2 Å². The Morgan fingerprint density at radius 2 is 1.94 bits per heavy atom. The molecular weight excluding hydrogens is 264 g/mol. The Hall–Kier alpha value is -0.600. The first-order valence-electron chi connectivity index (χ1n) is 5.76. The van der Waals surface area contributed by atoms with Gasteiger partial charge in [-0.15, -0.1) is 6.58 Å². The molecule has 1 atom stereocenters. The van der Waals surface area contributed by atoms with Crippen LogP contribution in [0.5, 0.6) is 0 Å². The summed E-state index contributed by atoms with van der Waals surface area (Å²) in [4.78, 5) is 0. The van der Waals surface area contributed by atoms with Gasteiger partial charge in [0, 0.05) is 4.47 Å². The van der Waals surface area contributed by atoms with E-state index < -0.39 is 0 Å². The minimum Gasteiger partial charge on any atom is -0.393 e. The van der Waals surface area contributed by atoms with Crippen LogP contribution in [0, 0.1) is 0 Å². The highest BCUT2D eigenvalue weighted by atomic mass is 79.9. The molecule has 0 saturated carbocycles. The topological polar surface area (TPSA) is 20.2 Å². The Morgan fingerprint density at radius 3 is 2.56 bits per heavy atom. The Labute approximate surface area is 106 Å². The summed E-state index contributed by atoms with van der Waals surface area (Å²) in [5.74, 6) is 0. The van der Waals surface area contributed by atoms with Gasteiger partial charge in [-0.25, -0.2) is 0 Å². The van der Waals surface area contributed by atoms with Crippen molar-refractivity contribution < 1.29 is 5.11 Å². The number of aliphatic hydroxyl groups excluding tert-OH is 1. The summed E-state index contributed by atoms with van der Waals surface area (Å²) in [7, 11) is 0. The maximum Gasteiger partial charge on any atom is 0.0580 e. The molecule has 2 heteroatoms. The summed E-state index contributed by atoms with van der Waals surface area (Å²) in [6.45, 7) is 3.69. The van der Waals surface area contributed by atoms with Gasteiger partial charge in [0.15, 0.2) is 0 Å². The second kappa shape index (κ2) is 7.64. The van der Waals surface area contributed by atoms with Crippen LogP contribution in [-0.2, 0) is 6.42 Å². The molecule has 1 aromatic rings. The van der Waals surface area contributed by atoms with E-state index in [-0.39, 0.29) is 6.10 Å². The van der Waals surface area contributed by atoms with Crippen molar-refractivity contribution in [3.05, 3.63) is 47.0 Å². The zero-order valence-electron chi connectivity index (χ0n) is 9.53. The fourth-order valence-corrected chi connectivity index (χ4v) is 1.93. The average Bonchev–Trinajstić information content (AvgIpc) is 2.28. The molecule has 16 heavy (non-hydrogen) atoms. The minimum atomic E-state index is -0.217. The van der Waals surface area contributed by atoms with Gasteiger partial charge in [0.2, 0.25) is 0 Å². The zero-order valence-corrected chi connectivity index (χ0v) is 11.1. The molecule has 0 bridgehead atoms. The Kier molecular flexibility index (Phi) is 6.43. The summed E-state index contributed by atoms with van der Waals surface area (Å²) in [6.07, 6.45) is 6.59. The maximum absolute atomic E-state index is 9.83. The van der Waals surface area contributed by atoms with Crippen LogP contribution in [-0.4, -0.2) is 11.2 Å². The molecule has 1 aromatic carbocycles. The van der Waals surface area contributed by atoms with Gasteiger partial charge in [-0.1, -0.05) is 40.6 Å². The van der Waals surface area contributed by atoms with Crippen LogP contribution in [0.25, 0.3) is 0 Å². The molecule has 1 rings (SSSR count). The van der Waals surface area contributed by atoms with E-state index in [9.17, 15) is 5.11 Å². The Bertz CT molecular complexity index is 305. The highest BCUT2D eigenvalue weighted by molar-refractivity contribution is 9.10. The summed E-state index contributed by atoms with van der Waals surface area (Å²) in [5.41, 5.74) is 1.19. The van der Waals surface area contributed by atoms with Gasteiger partial charge in [-0.2, -0.15) is 0 Å². The molecule has 1 N–H and O–H groups in total. The molecule has 88 valence electrons. The van der Waals surface area contributed by atoms with E-state index in [0.29, 0.717) is 0 Å². The third-order valence-electron chi connectivity index (χ3n) is 2.58. The van der Waals surface area contributed by atoms with Crippen molar-refractivity contribution in [1.29, 1.82) is 0 Å². The van der Waals surface area contributed by atoms with Crippen LogP contribution in [0.15, 0.2) is 41.4 Å². The molecule has 0 saturated heterocycles. The molecule has 0 fully saturated rings. The zero-order chi connectivity index (χ0) is 11.8. The first-order chi connectivity index (χ1) is 7.72. The van der Waals surface area contributed by atoms with Crippen LogP contribution in [0.2, 0.25) is 0 Å². The van der Waals surface area contributed by atoms with Gasteiger partial charge in [0.1, 0.15) is 0 Å². The molecule has 0 aromatic heterocycles. The smallest absolute Gasteiger partial charge is 0.0580 e. The molecule has 0 spiro atoms. The quantitative estimate of drug-likeness (QED) is 0.590. The molecule has 1 nitrogen and oxygen atoms in total. The fraction of sp³-hybridized carbons (Fsp3) is 0.429. The van der Waals surface area contributed by atoms with Gasteiger partial charge < -0.3 is 5.11 Å². The predicted molar refractivity (Wildman–Crippen MR) is 72.5 cm³/mol. The number of rotatable bonds is 7. The van der Waals surface area contributed by atoms with Gasteiger partial charge in [0.25, 0.3) is 0 Å². The van der Waals surface area contributed by atoms with E-state index in [4.69, 9.17) is 0 Å². The van der Waals surface area contributed by atoms with Crippen LogP contribution in [0.3, 0.4) is 0 Å². The summed E-state index contributed by atoms with van der Waals surface area (Å²) in [5, 5.41) is 9.83. The number of hydrogen-bond acceptors (Lipinski definition) is 1. The number of unbranched alkanes of at least 4 members (excludes halogenated alkanes) is 2. The van der Waals surface area contributed by atoms with E-state index in [1.165, 1.54) is 5.56 Å². The van der Waals surface area contributed by atoms with Crippen LogP contribution in [0.4, 0.5) is 0 Å². The normalized spacial score (nSPS) is 12.4. The lowest BCUT2D eigenvalue weighted by atomic mass is 10.0. The number of aliphatic hydroxyl groups is 1. The van der Waals surface area contributed by atoms with Crippen molar-refractivity contribution in [3.8, 4) is 0 Å². The van der Waals surface area contributed by atoms with E-state index >= 15 is 0 Å². The third kappa shape index (κ3) is 5.47. The second-order valence-corrected chi connectivity index (χ2v) is 4.97. The highest BCUT2D eigenvalue weighted by Crippen LogP contribution is 2.14. The summed E-state index contributed by atoms with van der Waals surface area (Å²) < 4.78 is 1.08. The fourth-order valence-electron chi connectivity index (χ4n) is 1.66. The van der Waals surface area contributed by atoms with Crippen molar-refractivity contribution >= 4 is 15.9 Å². The van der Waals surface area contributed by atoms with Crippen molar-refractivity contribution in [2.75, 3.05) is 0 Å². The van der Waals surface area contributed by atoms with Crippen molar-refractivity contribution in [1.82, 2.24) is 0 Å². The molecule has 0 amide bonds. The molecule has 0 aliphatic heterocycles. The number of allylic oxidation sites excluding steroid dienone is 1. The lowest BCUT2D eigenvalue weighted by Gasteiger charge is -2.10. The summed E-state index contributed by atoms with van der Waals surface area (Å²) >= 11 is 3.40. The van der Waals surface area contributed by atoms with Crippen molar-refractivity contribution in [3.63, 3.8) is 0 Å². The monoisotopic (exact) mass is 282 g/mol. The summed E-state index contributed by atoms with van der Waals surface area (Å²) in [6, 6.07) is 8.13. The first kappa shape index (κ1) is 13.5. The average molecular weight is 283 g/mol. The third-order valence-corrected chi connectivity index (χ3v) is 3.11. The Morgan fingerprint density at radius 1 is 1.25 bits per heavy atom. The number of halogens is 1. The van der Waals surface area contributed by atoms with Crippen LogP contribution >= 0.6 is 15.9 Å². The molecule has 0 heterocycles. The van der Waals surface area contributed by atoms with Gasteiger partial charge in [-0.05, 0) is 43.4 Å². The predicted octanol–water partition coefficient (Wildman–Crippen LogP) is 4.10. The van der Waals surface area contributed by atoms with E-state index in [2.05, 4.69) is 34.6 Å². The Balaban J connectivity index is 2.25. The molecule has 1 unspecified atom stereocenters. The molecule has 0 radical (unpaired) electrons. The SMILES string of the molecule is C=CCCCCC(O)Cc1ccc(Br)cc1. The maximum atomic E-state index is 9.83. The van der Waals surface area contributed by atoms with Crippen LogP contribution < -0.4 is 0 Å².